The van der Waals surface area contributed by atoms with Crippen molar-refractivity contribution in [3.8, 4) is 0 Å². The molecule has 0 aromatic carbocycles. The Labute approximate surface area is 96.0 Å². The Morgan fingerprint density at radius 3 is 2.19 bits per heavy atom. The van der Waals surface area contributed by atoms with E-state index in [1.165, 1.54) is 7.11 Å². The number of carboxylic acids is 1. The van der Waals surface area contributed by atoms with Crippen molar-refractivity contribution in [1.29, 1.82) is 0 Å². The molecular formula is C9H19NO5S. The second kappa shape index (κ2) is 6.17. The van der Waals surface area contributed by atoms with Crippen LogP contribution in [0.15, 0.2) is 0 Å². The van der Waals surface area contributed by atoms with Gasteiger partial charge in [0, 0.05) is 13.2 Å². The minimum Gasteiger partial charge on any atom is -0.480 e. The molecule has 2 N–H and O–H groups in total. The summed E-state index contributed by atoms with van der Waals surface area (Å²) in [6, 6.07) is -0.420. The van der Waals surface area contributed by atoms with Gasteiger partial charge in [0.25, 0.3) is 0 Å². The molecule has 0 heterocycles. The smallest absolute Gasteiger partial charge is 0.323 e. The van der Waals surface area contributed by atoms with Crippen LogP contribution in [0.5, 0.6) is 0 Å². The Balaban J connectivity index is 4.73. The molecule has 0 bridgehead atoms. The lowest BCUT2D eigenvalue weighted by Gasteiger charge is -2.22. The average Bonchev–Trinajstić information content (AvgIpc) is 2.15. The van der Waals surface area contributed by atoms with Crippen molar-refractivity contribution >= 4 is 16.0 Å². The van der Waals surface area contributed by atoms with Crippen LogP contribution >= 0.6 is 0 Å². The highest BCUT2D eigenvalue weighted by molar-refractivity contribution is 7.90. The summed E-state index contributed by atoms with van der Waals surface area (Å²) in [4.78, 5) is 10.6. The van der Waals surface area contributed by atoms with Gasteiger partial charge in [-0.2, -0.15) is 0 Å². The Kier molecular flexibility index (Phi) is 5.91. The first-order chi connectivity index (χ1) is 7.22. The topological polar surface area (TPSA) is 92.7 Å². The lowest BCUT2D eigenvalue weighted by molar-refractivity contribution is -0.136. The molecule has 0 aliphatic carbocycles. The molecule has 2 atom stereocenters. The number of hydrogen-bond acceptors (Lipinski definition) is 4. The van der Waals surface area contributed by atoms with Gasteiger partial charge in [-0.15, -0.1) is 0 Å². The lowest BCUT2D eigenvalue weighted by atomic mass is 10.1. The highest BCUT2D eigenvalue weighted by atomic mass is 32.2. The SMILES string of the molecule is COCC(NS(=O)(=O)C(C)C(=O)O)C(C)C. The van der Waals surface area contributed by atoms with E-state index >= 15 is 0 Å². The molecule has 6 nitrogen and oxygen atoms in total. The molecule has 0 saturated carbocycles. The van der Waals surface area contributed by atoms with Crippen LogP contribution in [-0.4, -0.2) is 44.5 Å². The molecule has 0 aromatic heterocycles. The monoisotopic (exact) mass is 253 g/mol. The van der Waals surface area contributed by atoms with E-state index in [1.54, 1.807) is 0 Å². The van der Waals surface area contributed by atoms with Gasteiger partial charge in [0.2, 0.25) is 10.0 Å². The van der Waals surface area contributed by atoms with E-state index in [0.29, 0.717) is 0 Å². The third-order valence-corrected chi connectivity index (χ3v) is 4.04. The normalized spacial score (nSPS) is 16.1. The van der Waals surface area contributed by atoms with Gasteiger partial charge >= 0.3 is 5.97 Å². The zero-order valence-corrected chi connectivity index (χ0v) is 10.7. The fraction of sp³-hybridized carbons (Fsp3) is 0.889. The molecule has 0 spiro atoms. The molecule has 0 amide bonds. The van der Waals surface area contributed by atoms with Crippen molar-refractivity contribution in [2.75, 3.05) is 13.7 Å². The van der Waals surface area contributed by atoms with Gasteiger partial charge in [0.1, 0.15) is 0 Å². The van der Waals surface area contributed by atoms with Gasteiger partial charge in [-0.3, -0.25) is 4.79 Å². The number of rotatable bonds is 7. The number of sulfonamides is 1. The molecule has 16 heavy (non-hydrogen) atoms. The van der Waals surface area contributed by atoms with Crippen LogP contribution in [0.2, 0.25) is 0 Å². The lowest BCUT2D eigenvalue weighted by Crippen LogP contribution is -2.47. The van der Waals surface area contributed by atoms with E-state index in [9.17, 15) is 13.2 Å². The zero-order chi connectivity index (χ0) is 12.9. The maximum Gasteiger partial charge on any atom is 0.323 e. The summed E-state index contributed by atoms with van der Waals surface area (Å²) in [6.45, 7) is 5.01. The Morgan fingerprint density at radius 1 is 1.38 bits per heavy atom. The van der Waals surface area contributed by atoms with Crippen molar-refractivity contribution in [1.82, 2.24) is 4.72 Å². The number of nitrogens with one attached hydrogen (secondary N) is 1. The van der Waals surface area contributed by atoms with Crippen LogP contribution in [-0.2, 0) is 19.6 Å². The number of aliphatic carboxylic acids is 1. The molecule has 0 aliphatic heterocycles. The number of carbonyl (C=O) groups is 1. The quantitative estimate of drug-likeness (QED) is 0.668. The first kappa shape index (κ1) is 15.3. The summed E-state index contributed by atoms with van der Waals surface area (Å²) in [5.74, 6) is -1.34. The summed E-state index contributed by atoms with van der Waals surface area (Å²) in [5, 5.41) is 7.18. The van der Waals surface area contributed by atoms with Gasteiger partial charge in [0.15, 0.2) is 5.25 Å². The number of carboxylic acid groups (broad SMARTS) is 1. The fourth-order valence-corrected chi connectivity index (χ4v) is 2.22. The predicted octanol–water partition coefficient (Wildman–Crippen LogP) is 0.0499. The van der Waals surface area contributed by atoms with Crippen molar-refractivity contribution in [3.63, 3.8) is 0 Å². The number of hydrogen-bond donors (Lipinski definition) is 2. The van der Waals surface area contributed by atoms with Crippen LogP contribution < -0.4 is 4.72 Å². The van der Waals surface area contributed by atoms with Crippen LogP contribution in [0, 0.1) is 5.92 Å². The number of methoxy groups -OCH3 is 1. The molecule has 2 unspecified atom stereocenters. The summed E-state index contributed by atoms with van der Waals surface area (Å²) in [6.07, 6.45) is 0. The van der Waals surface area contributed by atoms with E-state index in [1.807, 2.05) is 13.8 Å². The van der Waals surface area contributed by atoms with Gasteiger partial charge in [-0.1, -0.05) is 13.8 Å². The maximum atomic E-state index is 11.6. The van der Waals surface area contributed by atoms with Crippen molar-refractivity contribution in [2.24, 2.45) is 5.92 Å². The maximum absolute atomic E-state index is 11.6. The van der Waals surface area contributed by atoms with Gasteiger partial charge in [0.05, 0.1) is 6.61 Å². The molecule has 0 aromatic rings. The molecule has 0 fully saturated rings. The van der Waals surface area contributed by atoms with Crippen molar-refractivity contribution in [3.05, 3.63) is 0 Å². The molecular weight excluding hydrogens is 234 g/mol. The van der Waals surface area contributed by atoms with Crippen LogP contribution in [0.4, 0.5) is 0 Å². The van der Waals surface area contributed by atoms with E-state index in [4.69, 9.17) is 9.84 Å². The van der Waals surface area contributed by atoms with Crippen LogP contribution in [0.1, 0.15) is 20.8 Å². The Morgan fingerprint density at radius 2 is 1.88 bits per heavy atom. The second-order valence-corrected chi connectivity index (χ2v) is 5.98. The second-order valence-electron chi connectivity index (χ2n) is 3.95. The summed E-state index contributed by atoms with van der Waals surface area (Å²) < 4.78 is 30.4. The van der Waals surface area contributed by atoms with Gasteiger partial charge in [-0.05, 0) is 12.8 Å². The number of ether oxygens (including phenoxy) is 1. The Hall–Kier alpha value is -0.660. The molecule has 0 aliphatic rings. The average molecular weight is 253 g/mol. The van der Waals surface area contributed by atoms with E-state index in [0.717, 1.165) is 6.92 Å². The third kappa shape index (κ3) is 4.46. The summed E-state index contributed by atoms with van der Waals surface area (Å²) >= 11 is 0. The van der Waals surface area contributed by atoms with Crippen molar-refractivity contribution in [2.45, 2.75) is 32.1 Å². The standard InChI is InChI=1S/C9H19NO5S/c1-6(2)8(5-15-4)10-16(13,14)7(3)9(11)12/h6-8,10H,5H2,1-4H3,(H,11,12). The predicted molar refractivity (Wildman–Crippen MR) is 59.7 cm³/mol. The van der Waals surface area contributed by atoms with Crippen LogP contribution in [0.25, 0.3) is 0 Å². The summed E-state index contributed by atoms with van der Waals surface area (Å²) in [5.41, 5.74) is 0. The minimum absolute atomic E-state index is 0.0238. The van der Waals surface area contributed by atoms with E-state index in [-0.39, 0.29) is 12.5 Å². The minimum atomic E-state index is -3.86. The van der Waals surface area contributed by atoms with E-state index in [2.05, 4.69) is 4.72 Å². The first-order valence-corrected chi connectivity index (χ1v) is 6.50. The Bertz CT molecular complexity index is 325. The third-order valence-electron chi connectivity index (χ3n) is 2.28. The fourth-order valence-electron chi connectivity index (χ4n) is 0.988. The molecule has 96 valence electrons. The van der Waals surface area contributed by atoms with E-state index < -0.39 is 27.3 Å². The van der Waals surface area contributed by atoms with Crippen LogP contribution in [0.3, 0.4) is 0 Å². The summed E-state index contributed by atoms with van der Waals surface area (Å²) in [7, 11) is -2.39. The molecule has 0 saturated heterocycles. The van der Waals surface area contributed by atoms with Gasteiger partial charge in [-0.25, -0.2) is 13.1 Å². The molecule has 7 heteroatoms. The highest BCUT2D eigenvalue weighted by Gasteiger charge is 2.30. The first-order valence-electron chi connectivity index (χ1n) is 4.95. The largest absolute Gasteiger partial charge is 0.480 e. The molecule has 0 radical (unpaired) electrons. The zero-order valence-electron chi connectivity index (χ0n) is 9.93. The highest BCUT2D eigenvalue weighted by Crippen LogP contribution is 2.07. The van der Waals surface area contributed by atoms with Gasteiger partial charge < -0.3 is 9.84 Å². The molecule has 0 rings (SSSR count). The van der Waals surface area contributed by atoms with Crippen molar-refractivity contribution < 1.29 is 23.1 Å².